The third-order valence-electron chi connectivity index (χ3n) is 4.03. The molecule has 0 aliphatic rings. The van der Waals surface area contributed by atoms with Crippen molar-refractivity contribution in [3.05, 3.63) is 58.9 Å². The number of hydrogen-bond donors (Lipinski definition) is 3. The van der Waals surface area contributed by atoms with Gasteiger partial charge in [-0.15, -0.1) is 0 Å². The van der Waals surface area contributed by atoms with Crippen molar-refractivity contribution in [1.29, 1.82) is 0 Å². The number of rotatable bonds is 5. The van der Waals surface area contributed by atoms with Crippen LogP contribution in [0.1, 0.15) is 28.9 Å². The molecule has 1 unspecified atom stereocenters. The number of amides is 1. The maximum absolute atomic E-state index is 12.4. The highest BCUT2D eigenvalue weighted by Gasteiger charge is 2.12. The van der Waals surface area contributed by atoms with Crippen LogP contribution in [0.3, 0.4) is 0 Å². The van der Waals surface area contributed by atoms with Gasteiger partial charge in [0, 0.05) is 36.0 Å². The van der Waals surface area contributed by atoms with E-state index in [0.29, 0.717) is 22.0 Å². The molecule has 7 heteroatoms. The van der Waals surface area contributed by atoms with Crippen LogP contribution in [0.4, 0.5) is 5.82 Å². The number of anilines is 1. The van der Waals surface area contributed by atoms with Crippen molar-refractivity contribution in [3.63, 3.8) is 0 Å². The quantitative estimate of drug-likeness (QED) is 0.653. The zero-order valence-corrected chi connectivity index (χ0v) is 14.4. The number of fused-ring (bicyclic) bond motifs is 1. The van der Waals surface area contributed by atoms with Crippen molar-refractivity contribution < 1.29 is 15.0 Å². The minimum absolute atomic E-state index is 0.308. The van der Waals surface area contributed by atoms with Crippen LogP contribution in [0.5, 0.6) is 0 Å². The number of nitrogens with zero attached hydrogens (tertiary/aromatic N) is 2. The number of hydrogen-bond acceptors (Lipinski definition) is 4. The van der Waals surface area contributed by atoms with E-state index in [1.54, 1.807) is 36.5 Å². The summed E-state index contributed by atoms with van der Waals surface area (Å²) in [5.74, 6) is 0.124. The molecular weight excluding hydrogens is 342 g/mol. The Labute approximate surface area is 149 Å². The molecule has 0 radical (unpaired) electrons. The van der Waals surface area contributed by atoms with Crippen molar-refractivity contribution in [1.82, 2.24) is 9.55 Å². The zero-order chi connectivity index (χ0) is 18.0. The summed E-state index contributed by atoms with van der Waals surface area (Å²) < 4.78 is 1.99. The van der Waals surface area contributed by atoms with Crippen molar-refractivity contribution in [2.45, 2.75) is 19.6 Å². The fourth-order valence-electron chi connectivity index (χ4n) is 2.62. The number of halogens is 1. The van der Waals surface area contributed by atoms with E-state index in [-0.39, 0.29) is 12.5 Å². The van der Waals surface area contributed by atoms with Crippen molar-refractivity contribution >= 4 is 34.2 Å². The summed E-state index contributed by atoms with van der Waals surface area (Å²) in [6, 6.07) is 8.18. The van der Waals surface area contributed by atoms with Gasteiger partial charge in [-0.2, -0.15) is 0 Å². The molecule has 1 atom stereocenters. The largest absolute Gasteiger partial charge is 0.393 e. The topological polar surface area (TPSA) is 87.4 Å². The standard InChI is InChI=1S/C18H18ClN3O3/c1-2-22-9-14(19)13-8-20-17(7-15(13)22)21-18(25)12-5-3-11(4-6-12)16(24)10-23/h3-9,16,23-24H,2,10H2,1H3,(H,20,21,25). The van der Waals surface area contributed by atoms with Gasteiger partial charge in [0.1, 0.15) is 11.9 Å². The number of pyridine rings is 1. The van der Waals surface area contributed by atoms with Crippen molar-refractivity contribution in [2.75, 3.05) is 11.9 Å². The van der Waals surface area contributed by atoms with E-state index < -0.39 is 6.10 Å². The van der Waals surface area contributed by atoms with Crippen LogP contribution in [0.25, 0.3) is 10.9 Å². The molecule has 6 nitrogen and oxygen atoms in total. The molecule has 2 aromatic heterocycles. The van der Waals surface area contributed by atoms with Gasteiger partial charge in [0.25, 0.3) is 5.91 Å². The van der Waals surface area contributed by atoms with Crippen LogP contribution >= 0.6 is 11.6 Å². The van der Waals surface area contributed by atoms with Crippen LogP contribution in [0.2, 0.25) is 5.02 Å². The molecule has 0 aliphatic heterocycles. The molecule has 130 valence electrons. The summed E-state index contributed by atoms with van der Waals surface area (Å²) in [7, 11) is 0. The van der Waals surface area contributed by atoms with E-state index in [1.807, 2.05) is 17.7 Å². The lowest BCUT2D eigenvalue weighted by Gasteiger charge is -2.09. The molecule has 1 aromatic carbocycles. The van der Waals surface area contributed by atoms with Crippen LogP contribution < -0.4 is 5.32 Å². The molecule has 1 amide bonds. The summed E-state index contributed by atoms with van der Waals surface area (Å²) in [6.45, 7) is 2.40. The summed E-state index contributed by atoms with van der Waals surface area (Å²) in [5, 5.41) is 22.7. The second-order valence-electron chi connectivity index (χ2n) is 5.62. The Morgan fingerprint density at radius 1 is 1.36 bits per heavy atom. The van der Waals surface area contributed by atoms with Crippen LogP contribution in [0, 0.1) is 0 Å². The van der Waals surface area contributed by atoms with Crippen LogP contribution in [-0.4, -0.2) is 32.3 Å². The van der Waals surface area contributed by atoms with E-state index in [9.17, 15) is 9.90 Å². The second-order valence-corrected chi connectivity index (χ2v) is 6.03. The predicted octanol–water partition coefficient (Wildman–Crippen LogP) is 2.99. The molecule has 2 heterocycles. The summed E-state index contributed by atoms with van der Waals surface area (Å²) in [6.07, 6.45) is 2.53. The minimum atomic E-state index is -0.951. The predicted molar refractivity (Wildman–Crippen MR) is 96.9 cm³/mol. The Kier molecular flexibility index (Phi) is 5.03. The molecule has 0 saturated carbocycles. The van der Waals surface area contributed by atoms with Gasteiger partial charge in [0.2, 0.25) is 0 Å². The lowest BCUT2D eigenvalue weighted by atomic mass is 10.1. The Bertz CT molecular complexity index is 906. The molecule has 25 heavy (non-hydrogen) atoms. The lowest BCUT2D eigenvalue weighted by Crippen LogP contribution is -2.13. The van der Waals surface area contributed by atoms with Crippen LogP contribution in [-0.2, 0) is 6.54 Å². The number of aryl methyl sites for hydroxylation is 1. The maximum Gasteiger partial charge on any atom is 0.256 e. The van der Waals surface area contributed by atoms with Gasteiger partial charge >= 0.3 is 0 Å². The normalized spacial score (nSPS) is 12.3. The number of aromatic nitrogens is 2. The first-order chi connectivity index (χ1) is 12.0. The Balaban J connectivity index is 1.82. The fraction of sp³-hybridized carbons (Fsp3) is 0.222. The molecule has 0 aliphatic carbocycles. The van der Waals surface area contributed by atoms with Crippen molar-refractivity contribution in [3.8, 4) is 0 Å². The first kappa shape index (κ1) is 17.4. The highest BCUT2D eigenvalue weighted by Crippen LogP contribution is 2.27. The molecule has 3 rings (SSSR count). The molecule has 3 N–H and O–H groups in total. The van der Waals surface area contributed by atoms with Gasteiger partial charge in [-0.05, 0) is 24.6 Å². The van der Waals surface area contributed by atoms with E-state index >= 15 is 0 Å². The van der Waals surface area contributed by atoms with Gasteiger partial charge < -0.3 is 20.1 Å². The average molecular weight is 360 g/mol. The highest BCUT2D eigenvalue weighted by molar-refractivity contribution is 6.35. The van der Waals surface area contributed by atoms with Gasteiger partial charge in [0.15, 0.2) is 0 Å². The first-order valence-electron chi connectivity index (χ1n) is 7.88. The molecule has 0 fully saturated rings. The smallest absolute Gasteiger partial charge is 0.256 e. The van der Waals surface area contributed by atoms with Gasteiger partial charge in [-0.3, -0.25) is 4.79 Å². The Morgan fingerprint density at radius 3 is 2.72 bits per heavy atom. The van der Waals surface area contributed by atoms with E-state index in [4.69, 9.17) is 16.7 Å². The van der Waals surface area contributed by atoms with Gasteiger partial charge in [-0.1, -0.05) is 23.7 Å². The summed E-state index contributed by atoms with van der Waals surface area (Å²) >= 11 is 6.18. The minimum Gasteiger partial charge on any atom is -0.393 e. The molecular formula is C18H18ClN3O3. The van der Waals surface area contributed by atoms with Crippen molar-refractivity contribution in [2.24, 2.45) is 0 Å². The third kappa shape index (κ3) is 3.51. The number of carbonyl (C=O) groups excluding carboxylic acids is 1. The highest BCUT2D eigenvalue weighted by atomic mass is 35.5. The summed E-state index contributed by atoms with van der Waals surface area (Å²) in [5.41, 5.74) is 1.88. The maximum atomic E-state index is 12.4. The molecule has 0 bridgehead atoms. The number of aliphatic hydroxyl groups is 2. The number of nitrogens with one attached hydrogen (secondary N) is 1. The third-order valence-corrected chi connectivity index (χ3v) is 4.33. The zero-order valence-electron chi connectivity index (χ0n) is 13.6. The SMILES string of the molecule is CCn1cc(Cl)c2cnc(NC(=O)c3ccc(C(O)CO)cc3)cc21. The lowest BCUT2D eigenvalue weighted by molar-refractivity contribution is 0.0954. The average Bonchev–Trinajstić information content (AvgIpc) is 2.96. The first-order valence-corrected chi connectivity index (χ1v) is 8.26. The van der Waals surface area contributed by atoms with Gasteiger partial charge in [0.05, 0.1) is 17.1 Å². The van der Waals surface area contributed by atoms with E-state index in [1.165, 1.54) is 0 Å². The van der Waals surface area contributed by atoms with E-state index in [0.717, 1.165) is 17.4 Å². The number of aliphatic hydroxyl groups excluding tert-OH is 2. The monoisotopic (exact) mass is 359 g/mol. The molecule has 0 saturated heterocycles. The second kappa shape index (κ2) is 7.23. The van der Waals surface area contributed by atoms with Gasteiger partial charge in [-0.25, -0.2) is 4.98 Å². The fourth-order valence-corrected chi connectivity index (χ4v) is 2.89. The Morgan fingerprint density at radius 2 is 2.08 bits per heavy atom. The molecule has 3 aromatic rings. The summed E-state index contributed by atoms with van der Waals surface area (Å²) in [4.78, 5) is 16.6. The Hall–Kier alpha value is -2.41. The number of benzene rings is 1. The molecule has 0 spiro atoms. The van der Waals surface area contributed by atoms with E-state index in [2.05, 4.69) is 10.3 Å². The van der Waals surface area contributed by atoms with Crippen LogP contribution in [0.15, 0.2) is 42.7 Å². The number of carbonyl (C=O) groups is 1.